The van der Waals surface area contributed by atoms with Crippen LogP contribution in [0.3, 0.4) is 0 Å². The van der Waals surface area contributed by atoms with Crippen LogP contribution < -0.4 is 0 Å². The van der Waals surface area contributed by atoms with Crippen LogP contribution in [-0.4, -0.2) is 0 Å². The smallest absolute Gasteiger partial charge is 0.0831 e. The molecule has 2 aromatic rings. The van der Waals surface area contributed by atoms with Gasteiger partial charge in [-0.25, -0.2) is 0 Å². The number of hydrogen-bond acceptors (Lipinski definition) is 2. The summed E-state index contributed by atoms with van der Waals surface area (Å²) in [6.07, 6.45) is 6.47. The van der Waals surface area contributed by atoms with E-state index in [1.54, 1.807) is 10.4 Å². The van der Waals surface area contributed by atoms with Gasteiger partial charge in [-0.1, -0.05) is 22.9 Å². The molecule has 2 aromatic heterocycles. The largest absolute Gasteiger partial charge is 0.144 e. The first kappa shape index (κ1) is 12.9. The van der Waals surface area contributed by atoms with Gasteiger partial charge in [0.25, 0.3) is 0 Å². The zero-order valence-corrected chi connectivity index (χ0v) is 13.8. The average Bonchev–Trinajstić information content (AvgIpc) is 3.04. The van der Waals surface area contributed by atoms with Crippen molar-refractivity contribution in [1.82, 2.24) is 0 Å². The van der Waals surface area contributed by atoms with E-state index in [1.807, 2.05) is 22.7 Å². The molecule has 3 rings (SSSR count). The molecule has 18 heavy (non-hydrogen) atoms. The molecular formula is C15H17BrS2. The summed E-state index contributed by atoms with van der Waals surface area (Å²) in [5, 5.41) is 0. The van der Waals surface area contributed by atoms with Crippen LogP contribution in [0.25, 0.3) is 0 Å². The number of hydrogen-bond donors (Lipinski definition) is 0. The molecule has 0 bridgehead atoms. The van der Waals surface area contributed by atoms with E-state index >= 15 is 0 Å². The van der Waals surface area contributed by atoms with Crippen molar-refractivity contribution in [1.29, 1.82) is 0 Å². The van der Waals surface area contributed by atoms with Crippen LogP contribution >= 0.6 is 38.6 Å². The maximum atomic E-state index is 3.88. The standard InChI is InChI=1S/C15H17BrS2/c1-2-11-7-8-13(17-11)15(16)14-9-10-5-3-4-6-12(10)18-14/h7-9,15H,2-6H2,1H3. The summed E-state index contributed by atoms with van der Waals surface area (Å²) in [5.41, 5.74) is 1.61. The van der Waals surface area contributed by atoms with E-state index in [0.29, 0.717) is 4.83 Å². The fourth-order valence-electron chi connectivity index (χ4n) is 2.50. The van der Waals surface area contributed by atoms with Crippen molar-refractivity contribution in [3.63, 3.8) is 0 Å². The van der Waals surface area contributed by atoms with Crippen LogP contribution in [0.4, 0.5) is 0 Å². The highest BCUT2D eigenvalue weighted by Crippen LogP contribution is 2.41. The lowest BCUT2D eigenvalue weighted by Crippen LogP contribution is -1.96. The summed E-state index contributed by atoms with van der Waals surface area (Å²) in [6, 6.07) is 6.98. The van der Waals surface area contributed by atoms with E-state index in [9.17, 15) is 0 Å². The third-order valence-electron chi connectivity index (χ3n) is 3.55. The van der Waals surface area contributed by atoms with Crippen molar-refractivity contribution in [3.05, 3.63) is 43.3 Å². The van der Waals surface area contributed by atoms with E-state index in [1.165, 1.54) is 40.3 Å². The Labute approximate surface area is 125 Å². The second kappa shape index (κ2) is 5.48. The van der Waals surface area contributed by atoms with Crippen molar-refractivity contribution < 1.29 is 0 Å². The molecule has 0 aliphatic heterocycles. The first-order chi connectivity index (χ1) is 8.78. The molecule has 0 aromatic carbocycles. The summed E-state index contributed by atoms with van der Waals surface area (Å²) >= 11 is 7.84. The lowest BCUT2D eigenvalue weighted by molar-refractivity contribution is 0.697. The van der Waals surface area contributed by atoms with Gasteiger partial charge in [-0.3, -0.25) is 0 Å². The van der Waals surface area contributed by atoms with E-state index in [-0.39, 0.29) is 0 Å². The maximum Gasteiger partial charge on any atom is 0.0831 e. The summed E-state index contributed by atoms with van der Waals surface area (Å²) in [6.45, 7) is 2.22. The van der Waals surface area contributed by atoms with Gasteiger partial charge >= 0.3 is 0 Å². The molecule has 0 spiro atoms. The first-order valence-electron chi connectivity index (χ1n) is 6.62. The quantitative estimate of drug-likeness (QED) is 0.625. The zero-order chi connectivity index (χ0) is 12.5. The van der Waals surface area contributed by atoms with E-state index < -0.39 is 0 Å². The highest BCUT2D eigenvalue weighted by atomic mass is 79.9. The molecule has 2 heterocycles. The number of fused-ring (bicyclic) bond motifs is 1. The Morgan fingerprint density at radius 1 is 1.17 bits per heavy atom. The second-order valence-electron chi connectivity index (χ2n) is 4.82. The molecule has 0 saturated carbocycles. The molecule has 1 atom stereocenters. The maximum absolute atomic E-state index is 3.88. The minimum atomic E-state index is 0.401. The highest BCUT2D eigenvalue weighted by Gasteiger charge is 2.19. The molecule has 0 nitrogen and oxygen atoms in total. The SMILES string of the molecule is CCc1ccc(C(Br)c2cc3c(s2)CCCC3)s1. The molecule has 0 fully saturated rings. The van der Waals surface area contributed by atoms with Crippen molar-refractivity contribution >= 4 is 38.6 Å². The second-order valence-corrected chi connectivity index (χ2v) is 8.11. The van der Waals surface area contributed by atoms with Gasteiger partial charge in [0.1, 0.15) is 0 Å². The lowest BCUT2D eigenvalue weighted by atomic mass is 9.99. The highest BCUT2D eigenvalue weighted by molar-refractivity contribution is 9.09. The van der Waals surface area contributed by atoms with Gasteiger partial charge in [-0.15, -0.1) is 22.7 Å². The normalized spacial score (nSPS) is 16.6. The van der Waals surface area contributed by atoms with E-state index in [0.717, 1.165) is 6.42 Å². The average molecular weight is 341 g/mol. The topological polar surface area (TPSA) is 0 Å². The monoisotopic (exact) mass is 340 g/mol. The van der Waals surface area contributed by atoms with Crippen LogP contribution in [0.2, 0.25) is 0 Å². The molecule has 0 N–H and O–H groups in total. The van der Waals surface area contributed by atoms with Crippen LogP contribution in [0, 0.1) is 0 Å². The molecule has 1 aliphatic rings. The third kappa shape index (κ3) is 2.45. The summed E-state index contributed by atoms with van der Waals surface area (Å²) in [5.74, 6) is 0. The zero-order valence-electron chi connectivity index (χ0n) is 10.5. The predicted molar refractivity (Wildman–Crippen MR) is 85.4 cm³/mol. The van der Waals surface area contributed by atoms with Gasteiger partial charge in [-0.05, 0) is 55.9 Å². The van der Waals surface area contributed by atoms with Crippen molar-refractivity contribution in [2.24, 2.45) is 0 Å². The van der Waals surface area contributed by atoms with Gasteiger partial charge in [0.2, 0.25) is 0 Å². The van der Waals surface area contributed by atoms with E-state index in [2.05, 4.69) is 41.1 Å². The molecular weight excluding hydrogens is 324 g/mol. The Kier molecular flexibility index (Phi) is 3.92. The summed E-state index contributed by atoms with van der Waals surface area (Å²) in [4.78, 5) is 6.46. The van der Waals surface area contributed by atoms with Gasteiger partial charge in [0.05, 0.1) is 4.83 Å². The fraction of sp³-hybridized carbons (Fsp3) is 0.467. The Bertz CT molecular complexity index is 515. The van der Waals surface area contributed by atoms with Crippen molar-refractivity contribution in [3.8, 4) is 0 Å². The predicted octanol–water partition coefficient (Wildman–Crippen LogP) is 5.74. The van der Waals surface area contributed by atoms with Crippen LogP contribution in [-0.2, 0) is 19.3 Å². The summed E-state index contributed by atoms with van der Waals surface area (Å²) < 4.78 is 0. The Morgan fingerprint density at radius 2 is 2.00 bits per heavy atom. The Balaban J connectivity index is 1.87. The minimum Gasteiger partial charge on any atom is -0.144 e. The number of alkyl halides is 1. The van der Waals surface area contributed by atoms with Crippen LogP contribution in [0.1, 0.15) is 49.7 Å². The Hall–Kier alpha value is -0.120. The van der Waals surface area contributed by atoms with Gasteiger partial charge in [0, 0.05) is 19.5 Å². The summed E-state index contributed by atoms with van der Waals surface area (Å²) in [7, 11) is 0. The van der Waals surface area contributed by atoms with Gasteiger partial charge in [0.15, 0.2) is 0 Å². The molecule has 0 saturated heterocycles. The van der Waals surface area contributed by atoms with Gasteiger partial charge < -0.3 is 0 Å². The molecule has 96 valence electrons. The fourth-order valence-corrected chi connectivity index (χ4v) is 5.62. The van der Waals surface area contributed by atoms with E-state index in [4.69, 9.17) is 0 Å². The molecule has 1 aliphatic carbocycles. The number of rotatable bonds is 3. The first-order valence-corrected chi connectivity index (χ1v) is 9.17. The number of aryl methyl sites for hydroxylation is 3. The molecule has 1 unspecified atom stereocenters. The Morgan fingerprint density at radius 3 is 2.72 bits per heavy atom. The van der Waals surface area contributed by atoms with Crippen LogP contribution in [0.5, 0.6) is 0 Å². The lowest BCUT2D eigenvalue weighted by Gasteiger charge is -2.08. The van der Waals surface area contributed by atoms with Crippen molar-refractivity contribution in [2.45, 2.75) is 43.9 Å². The molecule has 0 radical (unpaired) electrons. The molecule has 0 amide bonds. The minimum absolute atomic E-state index is 0.401. The van der Waals surface area contributed by atoms with Crippen LogP contribution in [0.15, 0.2) is 18.2 Å². The number of thiophene rings is 2. The molecule has 3 heteroatoms. The number of halogens is 1. The van der Waals surface area contributed by atoms with Crippen molar-refractivity contribution in [2.75, 3.05) is 0 Å². The third-order valence-corrected chi connectivity index (χ3v) is 7.74. The van der Waals surface area contributed by atoms with Gasteiger partial charge in [-0.2, -0.15) is 0 Å².